The molecule has 6 nitrogen and oxygen atoms in total. The maximum Gasteiger partial charge on any atom is 0.410 e. The van der Waals surface area contributed by atoms with E-state index in [1.54, 1.807) is 4.90 Å². The number of hydrogen-bond acceptors (Lipinski definition) is 5. The Morgan fingerprint density at radius 2 is 1.72 bits per heavy atom. The molecule has 1 aliphatic rings. The van der Waals surface area contributed by atoms with E-state index in [0.717, 1.165) is 0 Å². The van der Waals surface area contributed by atoms with Gasteiger partial charge in [0.2, 0.25) is 0 Å². The second-order valence-corrected chi connectivity index (χ2v) is 5.44. The van der Waals surface area contributed by atoms with Crippen molar-refractivity contribution in [3.8, 4) is 0 Å². The van der Waals surface area contributed by atoms with Gasteiger partial charge in [-0.1, -0.05) is 0 Å². The average Bonchev–Trinajstić information content (AvgIpc) is 2.27. The molecular formula is C12H22N2O4. The average molecular weight is 258 g/mol. The molecule has 0 aromatic rings. The Morgan fingerprint density at radius 1 is 1.17 bits per heavy atom. The van der Waals surface area contributed by atoms with E-state index in [2.05, 4.69) is 0 Å². The lowest BCUT2D eigenvalue weighted by atomic mass is 10.2. The van der Waals surface area contributed by atoms with Gasteiger partial charge in [0.25, 0.3) is 0 Å². The normalized spacial score (nSPS) is 17.7. The summed E-state index contributed by atoms with van der Waals surface area (Å²) in [5, 5.41) is 8.67. The molecule has 1 N–H and O–H groups in total. The summed E-state index contributed by atoms with van der Waals surface area (Å²) >= 11 is 0. The van der Waals surface area contributed by atoms with Gasteiger partial charge in [-0.05, 0) is 20.8 Å². The lowest BCUT2D eigenvalue weighted by Crippen LogP contribution is -2.51. The van der Waals surface area contributed by atoms with Crippen LogP contribution in [0.4, 0.5) is 4.79 Å². The van der Waals surface area contributed by atoms with Crippen LogP contribution in [0.3, 0.4) is 0 Å². The van der Waals surface area contributed by atoms with Crippen molar-refractivity contribution in [2.24, 2.45) is 0 Å². The summed E-state index contributed by atoms with van der Waals surface area (Å²) in [6.07, 6.45) is -0.310. The Balaban J connectivity index is 2.35. The highest BCUT2D eigenvalue weighted by Crippen LogP contribution is 2.11. The van der Waals surface area contributed by atoms with E-state index in [1.165, 1.54) is 0 Å². The molecule has 18 heavy (non-hydrogen) atoms. The van der Waals surface area contributed by atoms with Crippen LogP contribution in [-0.2, 0) is 9.53 Å². The summed E-state index contributed by atoms with van der Waals surface area (Å²) in [5.41, 5.74) is -0.485. The molecular weight excluding hydrogens is 236 g/mol. The van der Waals surface area contributed by atoms with Gasteiger partial charge >= 0.3 is 6.09 Å². The van der Waals surface area contributed by atoms with Crippen LogP contribution in [0.15, 0.2) is 0 Å². The van der Waals surface area contributed by atoms with Crippen LogP contribution in [0.2, 0.25) is 0 Å². The Bertz CT molecular complexity index is 304. The van der Waals surface area contributed by atoms with Gasteiger partial charge in [0.1, 0.15) is 12.2 Å². The summed E-state index contributed by atoms with van der Waals surface area (Å²) in [6, 6.07) is 0. The van der Waals surface area contributed by atoms with E-state index in [0.29, 0.717) is 26.2 Å². The van der Waals surface area contributed by atoms with Gasteiger partial charge in [-0.15, -0.1) is 0 Å². The zero-order chi connectivity index (χ0) is 13.8. The predicted molar refractivity (Wildman–Crippen MR) is 66.3 cm³/mol. The fourth-order valence-corrected chi connectivity index (χ4v) is 1.71. The maximum atomic E-state index is 11.8. The van der Waals surface area contributed by atoms with E-state index in [9.17, 15) is 9.59 Å². The Kier molecular flexibility index (Phi) is 5.10. The maximum absolute atomic E-state index is 11.8. The Labute approximate surface area is 107 Å². The largest absolute Gasteiger partial charge is 0.444 e. The van der Waals surface area contributed by atoms with Gasteiger partial charge < -0.3 is 14.7 Å². The number of carbonyl (C=O) groups is 2. The second kappa shape index (κ2) is 6.15. The highest BCUT2D eigenvalue weighted by Gasteiger charge is 2.26. The zero-order valence-electron chi connectivity index (χ0n) is 11.3. The molecule has 1 aliphatic heterocycles. The topological polar surface area (TPSA) is 70.1 Å². The molecule has 0 unspecified atom stereocenters. The number of Topliss-reactive ketones (excluding diaryl/α,β-unsaturated/α-hetero) is 1. The van der Waals surface area contributed by atoms with E-state index in [-0.39, 0.29) is 18.4 Å². The summed E-state index contributed by atoms with van der Waals surface area (Å²) in [7, 11) is 0. The van der Waals surface area contributed by atoms with Crippen molar-refractivity contribution in [1.29, 1.82) is 0 Å². The molecule has 104 valence electrons. The van der Waals surface area contributed by atoms with Crippen molar-refractivity contribution >= 4 is 11.9 Å². The van der Waals surface area contributed by atoms with E-state index >= 15 is 0 Å². The van der Waals surface area contributed by atoms with Crippen molar-refractivity contribution in [3.63, 3.8) is 0 Å². The van der Waals surface area contributed by atoms with E-state index in [4.69, 9.17) is 9.84 Å². The quantitative estimate of drug-likeness (QED) is 0.777. The van der Waals surface area contributed by atoms with Crippen molar-refractivity contribution in [3.05, 3.63) is 0 Å². The predicted octanol–water partition coefficient (Wildman–Crippen LogP) is 0.100. The van der Waals surface area contributed by atoms with Crippen LogP contribution >= 0.6 is 0 Å². The molecule has 0 radical (unpaired) electrons. The molecule has 0 aromatic heterocycles. The molecule has 1 saturated heterocycles. The minimum atomic E-state index is -0.485. The standard InChI is InChI=1S/C12H22N2O4/c1-12(2,3)18-11(17)14-6-4-13(5-7-14)8-10(16)9-15/h15H,4-9H2,1-3H3. The van der Waals surface area contributed by atoms with Crippen molar-refractivity contribution in [1.82, 2.24) is 9.80 Å². The first-order chi connectivity index (χ1) is 8.31. The number of aliphatic hydroxyl groups is 1. The fraction of sp³-hybridized carbons (Fsp3) is 0.833. The number of carbonyl (C=O) groups excluding carboxylic acids is 2. The summed E-state index contributed by atoms with van der Waals surface area (Å²) in [4.78, 5) is 26.4. The molecule has 0 aliphatic carbocycles. The van der Waals surface area contributed by atoms with E-state index < -0.39 is 12.2 Å². The highest BCUT2D eigenvalue weighted by molar-refractivity contribution is 5.81. The molecule has 0 spiro atoms. The number of amides is 1. The first-order valence-electron chi connectivity index (χ1n) is 6.14. The molecule has 0 saturated carbocycles. The van der Waals surface area contributed by atoms with Crippen LogP contribution in [0.5, 0.6) is 0 Å². The van der Waals surface area contributed by atoms with Crippen LogP contribution < -0.4 is 0 Å². The third-order valence-electron chi connectivity index (χ3n) is 2.60. The molecule has 1 heterocycles. The van der Waals surface area contributed by atoms with Gasteiger partial charge in [0.05, 0.1) is 6.54 Å². The number of aliphatic hydroxyl groups excluding tert-OH is 1. The Morgan fingerprint density at radius 3 is 2.17 bits per heavy atom. The Hall–Kier alpha value is -1.14. The summed E-state index contributed by atoms with van der Waals surface area (Å²) in [6.45, 7) is 7.69. The number of nitrogens with zero attached hydrogens (tertiary/aromatic N) is 2. The fourth-order valence-electron chi connectivity index (χ4n) is 1.71. The summed E-state index contributed by atoms with van der Waals surface area (Å²) in [5.74, 6) is -0.194. The molecule has 0 atom stereocenters. The van der Waals surface area contributed by atoms with Gasteiger partial charge in [-0.3, -0.25) is 9.69 Å². The molecule has 6 heteroatoms. The van der Waals surface area contributed by atoms with Crippen molar-refractivity contribution in [2.45, 2.75) is 26.4 Å². The number of rotatable bonds is 3. The number of piperazine rings is 1. The third kappa shape index (κ3) is 5.01. The second-order valence-electron chi connectivity index (χ2n) is 5.44. The number of ether oxygens (including phenoxy) is 1. The monoisotopic (exact) mass is 258 g/mol. The number of ketones is 1. The van der Waals surface area contributed by atoms with Crippen molar-refractivity contribution in [2.75, 3.05) is 39.3 Å². The summed E-state index contributed by atoms with van der Waals surface area (Å²) < 4.78 is 5.28. The van der Waals surface area contributed by atoms with Gasteiger partial charge in [0.15, 0.2) is 5.78 Å². The zero-order valence-corrected chi connectivity index (χ0v) is 11.3. The molecule has 1 fully saturated rings. The van der Waals surface area contributed by atoms with Gasteiger partial charge in [0, 0.05) is 26.2 Å². The van der Waals surface area contributed by atoms with Crippen LogP contribution in [0, 0.1) is 0 Å². The van der Waals surface area contributed by atoms with Crippen molar-refractivity contribution < 1.29 is 19.4 Å². The van der Waals surface area contributed by atoms with E-state index in [1.807, 2.05) is 25.7 Å². The highest BCUT2D eigenvalue weighted by atomic mass is 16.6. The van der Waals surface area contributed by atoms with Gasteiger partial charge in [-0.2, -0.15) is 0 Å². The van der Waals surface area contributed by atoms with Crippen LogP contribution in [0.1, 0.15) is 20.8 Å². The van der Waals surface area contributed by atoms with Crippen LogP contribution in [-0.4, -0.2) is 71.7 Å². The smallest absolute Gasteiger partial charge is 0.410 e. The molecule has 0 bridgehead atoms. The molecule has 0 aromatic carbocycles. The SMILES string of the molecule is CC(C)(C)OC(=O)N1CCN(CC(=O)CO)CC1. The lowest BCUT2D eigenvalue weighted by Gasteiger charge is -2.35. The first kappa shape index (κ1) is 14.9. The first-order valence-corrected chi connectivity index (χ1v) is 6.14. The van der Waals surface area contributed by atoms with Crippen LogP contribution in [0.25, 0.3) is 0 Å². The van der Waals surface area contributed by atoms with Gasteiger partial charge in [-0.25, -0.2) is 4.79 Å². The minimum absolute atomic E-state index is 0.194. The molecule has 1 amide bonds. The number of hydrogen-bond donors (Lipinski definition) is 1. The minimum Gasteiger partial charge on any atom is -0.444 e. The lowest BCUT2D eigenvalue weighted by molar-refractivity contribution is -0.123. The third-order valence-corrected chi connectivity index (χ3v) is 2.60. The molecule has 1 rings (SSSR count).